The van der Waals surface area contributed by atoms with Crippen LogP contribution in [-0.4, -0.2) is 53.8 Å². The molecule has 1 aromatic heterocycles. The van der Waals surface area contributed by atoms with E-state index in [0.717, 1.165) is 11.3 Å². The molecular weight excluding hydrogens is 430 g/mol. The maximum absolute atomic E-state index is 12.9. The molecule has 0 N–H and O–H groups in total. The van der Waals surface area contributed by atoms with Gasteiger partial charge in [-0.05, 0) is 50.2 Å². The van der Waals surface area contributed by atoms with Crippen molar-refractivity contribution in [2.45, 2.75) is 37.6 Å². The van der Waals surface area contributed by atoms with Gasteiger partial charge in [0.25, 0.3) is 0 Å². The van der Waals surface area contributed by atoms with Gasteiger partial charge in [-0.2, -0.15) is 9.40 Å². The van der Waals surface area contributed by atoms with Gasteiger partial charge in [-0.15, -0.1) is 0 Å². The highest BCUT2D eigenvalue weighted by Gasteiger charge is 2.32. The Balaban J connectivity index is 1.39. The second-order valence-corrected chi connectivity index (χ2v) is 9.75. The van der Waals surface area contributed by atoms with Gasteiger partial charge in [0, 0.05) is 24.8 Å². The average Bonchev–Trinajstić information content (AvgIpc) is 3.27. The minimum atomic E-state index is -3.66. The van der Waals surface area contributed by atoms with Gasteiger partial charge in [0.2, 0.25) is 10.0 Å². The molecule has 32 heavy (non-hydrogen) atoms. The first-order valence-corrected chi connectivity index (χ1v) is 11.8. The molecule has 2 heterocycles. The number of carbonyl (C=O) groups excluding carboxylic acids is 1. The Morgan fingerprint density at radius 2 is 1.72 bits per heavy atom. The van der Waals surface area contributed by atoms with Crippen LogP contribution in [0, 0.1) is 0 Å². The van der Waals surface area contributed by atoms with Crippen LogP contribution in [0.4, 0.5) is 0 Å². The van der Waals surface area contributed by atoms with Crippen LogP contribution in [0.25, 0.3) is 5.69 Å². The number of benzene rings is 2. The van der Waals surface area contributed by atoms with Crippen LogP contribution in [0.15, 0.2) is 71.9 Å². The van der Waals surface area contributed by atoms with Crippen LogP contribution < -0.4 is 0 Å². The number of ether oxygens (including phenoxy) is 2. The molecule has 168 valence electrons. The molecule has 0 amide bonds. The number of rotatable bonds is 6. The monoisotopic (exact) mass is 455 g/mol. The zero-order chi connectivity index (χ0) is 22.7. The van der Waals surface area contributed by atoms with Crippen molar-refractivity contribution < 1.29 is 22.7 Å². The predicted octanol–water partition coefficient (Wildman–Crippen LogP) is 3.03. The molecule has 9 heteroatoms. The van der Waals surface area contributed by atoms with E-state index in [1.807, 2.05) is 44.2 Å². The van der Waals surface area contributed by atoms with Crippen molar-refractivity contribution in [1.29, 1.82) is 0 Å². The highest BCUT2D eigenvalue weighted by atomic mass is 32.2. The number of hydrogen-bond donors (Lipinski definition) is 0. The Bertz CT molecular complexity index is 1170. The zero-order valence-corrected chi connectivity index (χ0v) is 18.7. The van der Waals surface area contributed by atoms with E-state index in [2.05, 4.69) is 5.10 Å². The van der Waals surface area contributed by atoms with Crippen LogP contribution in [0.2, 0.25) is 0 Å². The number of esters is 1. The van der Waals surface area contributed by atoms with Crippen molar-refractivity contribution in [3.8, 4) is 5.69 Å². The maximum Gasteiger partial charge on any atom is 0.338 e. The third-order valence-corrected chi connectivity index (χ3v) is 6.99. The van der Waals surface area contributed by atoms with Gasteiger partial charge < -0.3 is 9.47 Å². The first-order valence-electron chi connectivity index (χ1n) is 10.3. The summed E-state index contributed by atoms with van der Waals surface area (Å²) in [6.45, 7) is 4.36. The number of aromatic nitrogens is 2. The molecule has 2 atom stereocenters. The Labute approximate surface area is 187 Å². The summed E-state index contributed by atoms with van der Waals surface area (Å²) < 4.78 is 40.0. The lowest BCUT2D eigenvalue weighted by Crippen LogP contribution is -2.48. The van der Waals surface area contributed by atoms with Crippen LogP contribution in [-0.2, 0) is 26.1 Å². The van der Waals surface area contributed by atoms with E-state index in [1.54, 1.807) is 17.1 Å². The van der Waals surface area contributed by atoms with Gasteiger partial charge in [-0.3, -0.25) is 0 Å². The molecule has 1 aliphatic heterocycles. The fourth-order valence-corrected chi connectivity index (χ4v) is 5.22. The minimum absolute atomic E-state index is 0.0648. The lowest BCUT2D eigenvalue weighted by atomic mass is 10.2. The van der Waals surface area contributed by atoms with Gasteiger partial charge in [0.05, 0.1) is 34.6 Å². The second kappa shape index (κ2) is 9.23. The lowest BCUT2D eigenvalue weighted by Gasteiger charge is -2.34. The highest BCUT2D eigenvalue weighted by molar-refractivity contribution is 7.89. The van der Waals surface area contributed by atoms with Crippen LogP contribution in [0.1, 0.15) is 29.8 Å². The Morgan fingerprint density at radius 1 is 1.06 bits per heavy atom. The number of nitrogens with zero attached hydrogens (tertiary/aromatic N) is 3. The molecule has 1 saturated heterocycles. The third kappa shape index (κ3) is 4.90. The molecule has 0 spiro atoms. The predicted molar refractivity (Wildman–Crippen MR) is 118 cm³/mol. The minimum Gasteiger partial charge on any atom is -0.457 e. The number of sulfonamides is 1. The van der Waals surface area contributed by atoms with Crippen molar-refractivity contribution in [1.82, 2.24) is 14.1 Å². The van der Waals surface area contributed by atoms with E-state index in [1.165, 1.54) is 28.6 Å². The van der Waals surface area contributed by atoms with E-state index in [9.17, 15) is 13.2 Å². The van der Waals surface area contributed by atoms with E-state index >= 15 is 0 Å². The normalized spacial score (nSPS) is 19.6. The van der Waals surface area contributed by atoms with Crippen LogP contribution in [0.3, 0.4) is 0 Å². The maximum atomic E-state index is 12.9. The molecule has 1 fully saturated rings. The topological polar surface area (TPSA) is 90.7 Å². The first kappa shape index (κ1) is 22.2. The van der Waals surface area contributed by atoms with Crippen molar-refractivity contribution in [2.75, 3.05) is 13.1 Å². The summed E-state index contributed by atoms with van der Waals surface area (Å²) in [5, 5.41) is 4.28. The Hall–Kier alpha value is -3.01. The van der Waals surface area contributed by atoms with Gasteiger partial charge in [0.1, 0.15) is 6.61 Å². The number of hydrogen-bond acceptors (Lipinski definition) is 6. The molecule has 8 nitrogen and oxygen atoms in total. The Kier molecular flexibility index (Phi) is 6.40. The third-order valence-electron chi connectivity index (χ3n) is 5.14. The molecule has 2 unspecified atom stereocenters. The van der Waals surface area contributed by atoms with Gasteiger partial charge >= 0.3 is 5.97 Å². The SMILES string of the molecule is CC1CN(S(=O)(=O)c2ccc(C(=O)OCc3cnn(-c4ccccc4)c3)cc2)CC(C)O1. The molecule has 0 saturated carbocycles. The van der Waals surface area contributed by atoms with E-state index in [-0.39, 0.29) is 29.3 Å². The summed E-state index contributed by atoms with van der Waals surface area (Å²) in [6.07, 6.45) is 3.09. The highest BCUT2D eigenvalue weighted by Crippen LogP contribution is 2.22. The number of carbonyl (C=O) groups is 1. The molecule has 1 aliphatic rings. The van der Waals surface area contributed by atoms with Crippen LogP contribution in [0.5, 0.6) is 0 Å². The molecule has 0 bridgehead atoms. The van der Waals surface area contributed by atoms with Crippen molar-refractivity contribution in [3.05, 3.63) is 78.1 Å². The molecule has 2 aromatic carbocycles. The fourth-order valence-electron chi connectivity index (χ4n) is 3.63. The fraction of sp³-hybridized carbons (Fsp3) is 0.304. The number of para-hydroxylation sites is 1. The summed E-state index contributed by atoms with van der Waals surface area (Å²) in [7, 11) is -3.66. The van der Waals surface area contributed by atoms with E-state index < -0.39 is 16.0 Å². The van der Waals surface area contributed by atoms with Gasteiger partial charge in [0.15, 0.2) is 0 Å². The van der Waals surface area contributed by atoms with E-state index in [0.29, 0.717) is 13.1 Å². The van der Waals surface area contributed by atoms with Crippen molar-refractivity contribution in [3.63, 3.8) is 0 Å². The molecular formula is C23H25N3O5S. The lowest BCUT2D eigenvalue weighted by molar-refractivity contribution is -0.0440. The summed E-state index contributed by atoms with van der Waals surface area (Å²) in [6, 6.07) is 15.4. The van der Waals surface area contributed by atoms with Crippen molar-refractivity contribution >= 4 is 16.0 Å². The van der Waals surface area contributed by atoms with Gasteiger partial charge in [-0.1, -0.05) is 18.2 Å². The summed E-state index contributed by atoms with van der Waals surface area (Å²) in [4.78, 5) is 12.6. The quantitative estimate of drug-likeness (QED) is 0.531. The summed E-state index contributed by atoms with van der Waals surface area (Å²) in [5.74, 6) is -0.532. The first-order chi connectivity index (χ1) is 15.3. The Morgan fingerprint density at radius 3 is 2.38 bits per heavy atom. The standard InChI is InChI=1S/C23H25N3O5S/c1-17-13-25(14-18(2)31-17)32(28,29)22-10-8-20(9-11-22)23(27)30-16-19-12-24-26(15-19)21-6-4-3-5-7-21/h3-12,15,17-18H,13-14,16H2,1-2H3. The number of morpholine rings is 1. The average molecular weight is 456 g/mol. The summed E-state index contributed by atoms with van der Waals surface area (Å²) >= 11 is 0. The van der Waals surface area contributed by atoms with Crippen LogP contribution >= 0.6 is 0 Å². The largest absolute Gasteiger partial charge is 0.457 e. The van der Waals surface area contributed by atoms with E-state index in [4.69, 9.17) is 9.47 Å². The van der Waals surface area contributed by atoms with Gasteiger partial charge in [-0.25, -0.2) is 17.9 Å². The molecule has 3 aromatic rings. The zero-order valence-electron chi connectivity index (χ0n) is 17.9. The molecule has 4 rings (SSSR count). The molecule has 0 aliphatic carbocycles. The van der Waals surface area contributed by atoms with Crippen molar-refractivity contribution in [2.24, 2.45) is 0 Å². The summed E-state index contributed by atoms with van der Waals surface area (Å²) in [5.41, 5.74) is 1.94. The molecule has 0 radical (unpaired) electrons. The smallest absolute Gasteiger partial charge is 0.338 e. The second-order valence-electron chi connectivity index (χ2n) is 7.81.